The van der Waals surface area contributed by atoms with E-state index in [4.69, 9.17) is 26.0 Å². The van der Waals surface area contributed by atoms with Gasteiger partial charge in [-0.25, -0.2) is 4.79 Å². The van der Waals surface area contributed by atoms with E-state index in [2.05, 4.69) is 0 Å². The molecule has 0 saturated carbocycles. The zero-order valence-electron chi connectivity index (χ0n) is 9.76. The maximum atomic E-state index is 10.6. The van der Waals surface area contributed by atoms with Crippen molar-refractivity contribution in [1.29, 1.82) is 5.26 Å². The van der Waals surface area contributed by atoms with Crippen LogP contribution in [0.3, 0.4) is 0 Å². The van der Waals surface area contributed by atoms with E-state index in [1.165, 1.54) is 24.3 Å². The van der Waals surface area contributed by atoms with Gasteiger partial charge in [-0.2, -0.15) is 18.4 Å². The van der Waals surface area contributed by atoms with Crippen LogP contribution in [-0.2, 0) is 9.59 Å². The third-order valence-corrected chi connectivity index (χ3v) is 1.91. The first-order valence-corrected chi connectivity index (χ1v) is 4.88. The molecular weight excluding hydrogens is 281 g/mol. The van der Waals surface area contributed by atoms with Gasteiger partial charge in [-0.15, -0.1) is 0 Å². The third kappa shape index (κ3) is 5.83. The second-order valence-electron chi connectivity index (χ2n) is 3.35. The first-order valence-electron chi connectivity index (χ1n) is 4.88. The highest BCUT2D eigenvalue weighted by molar-refractivity contribution is 5.75. The van der Waals surface area contributed by atoms with Gasteiger partial charge in [0.05, 0.1) is 11.6 Å². The van der Waals surface area contributed by atoms with Crippen LogP contribution in [0.5, 0.6) is 0 Å². The highest BCUT2D eigenvalue weighted by Gasteiger charge is 2.38. The standard InChI is InChI=1S/C9H8N2O2.C2HF3O2/c10-5-6-1-3-7(4-2-6)8(11)9(12)13;3-2(4,5)1(6)7/h1-4,8H,11H2,(H,12,13);(H,6,7). The van der Waals surface area contributed by atoms with Gasteiger partial charge in [0, 0.05) is 0 Å². The van der Waals surface area contributed by atoms with E-state index >= 15 is 0 Å². The number of aliphatic carboxylic acids is 2. The van der Waals surface area contributed by atoms with Crippen molar-refractivity contribution in [3.8, 4) is 6.07 Å². The van der Waals surface area contributed by atoms with E-state index in [9.17, 15) is 18.0 Å². The van der Waals surface area contributed by atoms with Gasteiger partial charge < -0.3 is 15.9 Å². The van der Waals surface area contributed by atoms with Crippen molar-refractivity contribution in [2.24, 2.45) is 5.73 Å². The maximum Gasteiger partial charge on any atom is 0.490 e. The van der Waals surface area contributed by atoms with Gasteiger partial charge in [0.25, 0.3) is 0 Å². The molecule has 1 aromatic rings. The molecule has 9 heteroatoms. The summed E-state index contributed by atoms with van der Waals surface area (Å²) in [6.07, 6.45) is -5.08. The molecule has 0 fully saturated rings. The van der Waals surface area contributed by atoms with Crippen LogP contribution < -0.4 is 5.73 Å². The number of alkyl halides is 3. The predicted octanol–water partition coefficient (Wildman–Crippen LogP) is 1.28. The molecule has 0 aliphatic rings. The number of hydrogen-bond acceptors (Lipinski definition) is 4. The maximum absolute atomic E-state index is 10.6. The first-order chi connectivity index (χ1) is 9.09. The van der Waals surface area contributed by atoms with Crippen LogP contribution in [-0.4, -0.2) is 28.3 Å². The number of nitrogens with two attached hydrogens (primary N) is 1. The van der Waals surface area contributed by atoms with Crippen molar-refractivity contribution in [3.05, 3.63) is 35.4 Å². The Hall–Kier alpha value is -2.60. The van der Waals surface area contributed by atoms with E-state index in [1.54, 1.807) is 0 Å². The predicted molar refractivity (Wildman–Crippen MR) is 59.4 cm³/mol. The third-order valence-electron chi connectivity index (χ3n) is 1.91. The van der Waals surface area contributed by atoms with Crippen molar-refractivity contribution < 1.29 is 33.0 Å². The Morgan fingerprint density at radius 1 is 1.20 bits per heavy atom. The quantitative estimate of drug-likeness (QED) is 0.753. The summed E-state index contributed by atoms with van der Waals surface area (Å²) in [7, 11) is 0. The average Bonchev–Trinajstić information content (AvgIpc) is 2.37. The van der Waals surface area contributed by atoms with Gasteiger partial charge >= 0.3 is 18.1 Å². The molecule has 0 amide bonds. The fourth-order valence-electron chi connectivity index (χ4n) is 0.908. The second kappa shape index (κ2) is 7.10. The van der Waals surface area contributed by atoms with E-state index in [0.29, 0.717) is 11.1 Å². The normalized spacial score (nSPS) is 11.6. The highest BCUT2D eigenvalue weighted by Crippen LogP contribution is 2.13. The molecule has 1 atom stereocenters. The Morgan fingerprint density at radius 3 is 1.85 bits per heavy atom. The van der Waals surface area contributed by atoms with E-state index < -0.39 is 24.2 Å². The number of hydrogen-bond donors (Lipinski definition) is 3. The number of carboxylic acid groups (broad SMARTS) is 2. The van der Waals surface area contributed by atoms with Gasteiger partial charge in [0.15, 0.2) is 0 Å². The van der Waals surface area contributed by atoms with Crippen LogP contribution >= 0.6 is 0 Å². The molecule has 0 aromatic heterocycles. The summed E-state index contributed by atoms with van der Waals surface area (Å²) < 4.78 is 31.7. The molecule has 20 heavy (non-hydrogen) atoms. The summed E-state index contributed by atoms with van der Waals surface area (Å²) in [5, 5.41) is 24.2. The first kappa shape index (κ1) is 17.4. The van der Waals surface area contributed by atoms with Crippen molar-refractivity contribution in [1.82, 2.24) is 0 Å². The highest BCUT2D eigenvalue weighted by atomic mass is 19.4. The monoisotopic (exact) mass is 290 g/mol. The molecule has 0 bridgehead atoms. The Balaban J connectivity index is 0.000000441. The number of nitriles is 1. The van der Waals surface area contributed by atoms with E-state index in [1.807, 2.05) is 6.07 Å². The lowest BCUT2D eigenvalue weighted by molar-refractivity contribution is -0.192. The fourth-order valence-corrected chi connectivity index (χ4v) is 0.908. The number of carbonyl (C=O) groups is 2. The SMILES string of the molecule is N#Cc1ccc(C(N)C(=O)O)cc1.O=C(O)C(F)(F)F. The summed E-state index contributed by atoms with van der Waals surface area (Å²) in [6, 6.07) is 7.07. The Bertz CT molecular complexity index is 520. The van der Waals surface area contributed by atoms with E-state index in [0.717, 1.165) is 0 Å². The topological polar surface area (TPSA) is 124 Å². The number of carboxylic acids is 2. The smallest absolute Gasteiger partial charge is 0.480 e. The lowest BCUT2D eigenvalue weighted by Crippen LogP contribution is -2.21. The van der Waals surface area contributed by atoms with Crippen LogP contribution in [0, 0.1) is 11.3 Å². The summed E-state index contributed by atoms with van der Waals surface area (Å²) in [4.78, 5) is 19.4. The molecule has 1 aromatic carbocycles. The van der Waals surface area contributed by atoms with Gasteiger partial charge in [-0.3, -0.25) is 4.79 Å². The summed E-state index contributed by atoms with van der Waals surface area (Å²) in [6.45, 7) is 0. The van der Waals surface area contributed by atoms with Gasteiger partial charge in [-0.05, 0) is 17.7 Å². The summed E-state index contributed by atoms with van der Waals surface area (Å²) >= 11 is 0. The minimum absolute atomic E-state index is 0.487. The van der Waals surface area contributed by atoms with Gasteiger partial charge in [-0.1, -0.05) is 12.1 Å². The fraction of sp³-hybridized carbons (Fsp3) is 0.182. The number of rotatable bonds is 2. The summed E-state index contributed by atoms with van der Waals surface area (Å²) in [5.41, 5.74) is 6.33. The molecular formula is C11H9F3N2O4. The van der Waals surface area contributed by atoms with Crippen LogP contribution in [0.1, 0.15) is 17.2 Å². The molecule has 0 aliphatic heterocycles. The molecule has 4 N–H and O–H groups in total. The van der Waals surface area contributed by atoms with Gasteiger partial charge in [0.2, 0.25) is 0 Å². The molecule has 0 saturated heterocycles. The van der Waals surface area contributed by atoms with Crippen LogP contribution in [0.2, 0.25) is 0 Å². The van der Waals surface area contributed by atoms with Crippen molar-refractivity contribution in [2.75, 3.05) is 0 Å². The number of nitrogens with zero attached hydrogens (tertiary/aromatic N) is 1. The molecule has 6 nitrogen and oxygen atoms in total. The zero-order chi connectivity index (χ0) is 15.9. The zero-order valence-corrected chi connectivity index (χ0v) is 9.76. The van der Waals surface area contributed by atoms with Crippen LogP contribution in [0.15, 0.2) is 24.3 Å². The van der Waals surface area contributed by atoms with Crippen LogP contribution in [0.4, 0.5) is 13.2 Å². The minimum atomic E-state index is -5.08. The molecule has 0 heterocycles. The Kier molecular flexibility index (Phi) is 6.18. The molecule has 1 rings (SSSR count). The minimum Gasteiger partial charge on any atom is -0.480 e. The average molecular weight is 290 g/mol. The Labute approximate surface area is 110 Å². The van der Waals surface area contributed by atoms with Crippen molar-refractivity contribution in [2.45, 2.75) is 12.2 Å². The molecule has 0 radical (unpaired) electrons. The lowest BCUT2D eigenvalue weighted by atomic mass is 10.1. The van der Waals surface area contributed by atoms with Gasteiger partial charge in [0.1, 0.15) is 6.04 Å². The number of halogens is 3. The van der Waals surface area contributed by atoms with Crippen molar-refractivity contribution >= 4 is 11.9 Å². The molecule has 0 aliphatic carbocycles. The van der Waals surface area contributed by atoms with E-state index in [-0.39, 0.29) is 0 Å². The lowest BCUT2D eigenvalue weighted by Gasteiger charge is -2.05. The second-order valence-corrected chi connectivity index (χ2v) is 3.35. The number of benzene rings is 1. The van der Waals surface area contributed by atoms with Crippen LogP contribution in [0.25, 0.3) is 0 Å². The molecule has 0 spiro atoms. The largest absolute Gasteiger partial charge is 0.490 e. The molecule has 108 valence electrons. The van der Waals surface area contributed by atoms with Crippen molar-refractivity contribution in [3.63, 3.8) is 0 Å². The molecule has 1 unspecified atom stereocenters. The Morgan fingerprint density at radius 2 is 1.60 bits per heavy atom. The summed E-state index contributed by atoms with van der Waals surface area (Å²) in [5.74, 6) is -3.84.